The van der Waals surface area contributed by atoms with Gasteiger partial charge in [0, 0.05) is 17.2 Å². The van der Waals surface area contributed by atoms with E-state index < -0.39 is 42.2 Å². The van der Waals surface area contributed by atoms with Crippen LogP contribution in [0.3, 0.4) is 0 Å². The minimum Gasteiger partial charge on any atom is -0.396 e. The fourth-order valence-electron chi connectivity index (χ4n) is 2.74. The quantitative estimate of drug-likeness (QED) is 0.763. The zero-order valence-corrected chi connectivity index (χ0v) is 12.7. The second-order valence-corrected chi connectivity index (χ2v) is 5.91. The number of carbonyl (C=O) groups is 5. The maximum Gasteiger partial charge on any atom is 0.263 e. The predicted molar refractivity (Wildman–Crippen MR) is 76.4 cm³/mol. The van der Waals surface area contributed by atoms with E-state index in [0.29, 0.717) is 4.90 Å². The third kappa shape index (κ3) is 2.28. The number of carbonyl (C=O) groups excluding carboxylic acids is 5. The lowest BCUT2D eigenvalue weighted by Crippen LogP contribution is -2.57. The average molecular weight is 336 g/mol. The smallest absolute Gasteiger partial charge is 0.263 e. The van der Waals surface area contributed by atoms with E-state index in [1.54, 1.807) is 0 Å². The highest BCUT2D eigenvalue weighted by Crippen LogP contribution is 2.31. The Morgan fingerprint density at radius 3 is 2.35 bits per heavy atom. The number of rotatable bonds is 3. The molecule has 1 atom stereocenters. The molecule has 0 bridgehead atoms. The van der Waals surface area contributed by atoms with Crippen molar-refractivity contribution < 1.29 is 29.1 Å². The summed E-state index contributed by atoms with van der Waals surface area (Å²) in [5.74, 6) is -3.59. The number of aliphatic hydroxyl groups is 1. The summed E-state index contributed by atoms with van der Waals surface area (Å²) >= 11 is 1.21. The van der Waals surface area contributed by atoms with Crippen molar-refractivity contribution in [1.82, 2.24) is 9.80 Å². The number of piperidine rings is 1. The summed E-state index contributed by atoms with van der Waals surface area (Å²) in [7, 11) is 0. The first-order chi connectivity index (χ1) is 11.0. The van der Waals surface area contributed by atoms with E-state index in [4.69, 9.17) is 5.11 Å². The van der Waals surface area contributed by atoms with Gasteiger partial charge in [-0.2, -0.15) is 11.3 Å². The Kier molecular flexibility index (Phi) is 3.82. The van der Waals surface area contributed by atoms with Gasteiger partial charge < -0.3 is 5.11 Å². The highest BCUT2D eigenvalue weighted by Gasteiger charge is 2.48. The van der Waals surface area contributed by atoms with E-state index >= 15 is 0 Å². The first kappa shape index (κ1) is 15.5. The van der Waals surface area contributed by atoms with Crippen molar-refractivity contribution in [2.24, 2.45) is 0 Å². The van der Waals surface area contributed by atoms with Gasteiger partial charge in [0.25, 0.3) is 17.7 Å². The van der Waals surface area contributed by atoms with Crippen LogP contribution in [-0.2, 0) is 14.4 Å². The van der Waals surface area contributed by atoms with E-state index in [1.807, 2.05) is 0 Å². The Morgan fingerprint density at radius 1 is 1.17 bits per heavy atom. The van der Waals surface area contributed by atoms with Crippen LogP contribution in [0.2, 0.25) is 0 Å². The number of fused-ring (bicyclic) bond motifs is 1. The van der Waals surface area contributed by atoms with Gasteiger partial charge >= 0.3 is 0 Å². The standard InChI is InChI=1S/C14H12N2O6S/c17-4-3-11(19)16-10(18)2-1-9(14(16)22)15-12(20)7-5-23-6-8(7)13(15)21/h5-6,9,17H,1-4H2. The van der Waals surface area contributed by atoms with Crippen LogP contribution in [0, 0.1) is 0 Å². The molecule has 1 unspecified atom stereocenters. The largest absolute Gasteiger partial charge is 0.396 e. The SMILES string of the molecule is O=C(CCO)N1C(=O)CCC(N2C(=O)c3cscc3C2=O)C1=O. The van der Waals surface area contributed by atoms with Gasteiger partial charge in [0.2, 0.25) is 11.8 Å². The van der Waals surface area contributed by atoms with Crippen LogP contribution in [0.15, 0.2) is 10.8 Å². The Bertz CT molecular complexity index is 709. The van der Waals surface area contributed by atoms with Crippen molar-refractivity contribution in [3.05, 3.63) is 21.9 Å². The average Bonchev–Trinajstić information content (AvgIpc) is 3.06. The summed E-state index contributed by atoms with van der Waals surface area (Å²) in [5, 5.41) is 11.9. The Balaban J connectivity index is 1.89. The second kappa shape index (κ2) is 5.67. The van der Waals surface area contributed by atoms with Crippen LogP contribution < -0.4 is 0 Å². The Labute approximate surface area is 134 Å². The van der Waals surface area contributed by atoms with Crippen molar-refractivity contribution in [2.75, 3.05) is 6.61 Å². The lowest BCUT2D eigenvalue weighted by atomic mass is 10.0. The summed E-state index contributed by atoms with van der Waals surface area (Å²) in [6.07, 6.45) is -0.512. The maximum atomic E-state index is 12.5. The predicted octanol–water partition coefficient (Wildman–Crippen LogP) is -0.229. The summed E-state index contributed by atoms with van der Waals surface area (Å²) in [5.41, 5.74) is 0.468. The van der Waals surface area contributed by atoms with Crippen LogP contribution in [-0.4, -0.2) is 57.1 Å². The molecule has 1 aromatic heterocycles. The molecule has 1 fully saturated rings. The first-order valence-electron chi connectivity index (χ1n) is 6.92. The molecule has 2 aliphatic heterocycles. The molecule has 5 amide bonds. The van der Waals surface area contributed by atoms with Gasteiger partial charge in [-0.05, 0) is 6.42 Å². The molecule has 0 saturated carbocycles. The number of amides is 5. The van der Waals surface area contributed by atoms with Gasteiger partial charge in [0.1, 0.15) is 6.04 Å². The molecular weight excluding hydrogens is 324 g/mol. The number of nitrogens with zero attached hydrogens (tertiary/aromatic N) is 2. The van der Waals surface area contributed by atoms with Crippen molar-refractivity contribution in [1.29, 1.82) is 0 Å². The van der Waals surface area contributed by atoms with E-state index in [9.17, 15) is 24.0 Å². The van der Waals surface area contributed by atoms with Gasteiger partial charge in [-0.15, -0.1) is 0 Å². The highest BCUT2D eigenvalue weighted by molar-refractivity contribution is 7.08. The van der Waals surface area contributed by atoms with Crippen molar-refractivity contribution >= 4 is 40.9 Å². The molecule has 0 spiro atoms. The Hall–Kier alpha value is -2.39. The van der Waals surface area contributed by atoms with Gasteiger partial charge in [-0.25, -0.2) is 4.90 Å². The van der Waals surface area contributed by atoms with Crippen LogP contribution in [0.5, 0.6) is 0 Å². The fourth-order valence-corrected chi connectivity index (χ4v) is 3.54. The number of hydrogen-bond acceptors (Lipinski definition) is 7. The third-order valence-electron chi connectivity index (χ3n) is 3.83. The Morgan fingerprint density at radius 2 is 1.78 bits per heavy atom. The fraction of sp³-hybridized carbons (Fsp3) is 0.357. The maximum absolute atomic E-state index is 12.5. The molecule has 0 aliphatic carbocycles. The normalized spacial score (nSPS) is 21.2. The minimum atomic E-state index is -1.17. The molecule has 23 heavy (non-hydrogen) atoms. The highest BCUT2D eigenvalue weighted by atomic mass is 32.1. The minimum absolute atomic E-state index is 0.00818. The molecule has 3 rings (SSSR count). The topological polar surface area (TPSA) is 112 Å². The zero-order chi connectivity index (χ0) is 16.7. The summed E-state index contributed by atoms with van der Waals surface area (Å²) in [4.78, 5) is 62.1. The molecule has 0 aromatic carbocycles. The van der Waals surface area contributed by atoms with E-state index in [0.717, 1.165) is 4.90 Å². The lowest BCUT2D eigenvalue weighted by Gasteiger charge is -2.33. The van der Waals surface area contributed by atoms with Gasteiger partial charge in [-0.1, -0.05) is 0 Å². The van der Waals surface area contributed by atoms with E-state index in [2.05, 4.69) is 0 Å². The van der Waals surface area contributed by atoms with Crippen LogP contribution in [0.1, 0.15) is 40.0 Å². The van der Waals surface area contributed by atoms with E-state index in [1.165, 1.54) is 22.1 Å². The summed E-state index contributed by atoms with van der Waals surface area (Å²) in [6.45, 7) is -0.501. The molecule has 1 saturated heterocycles. The zero-order valence-electron chi connectivity index (χ0n) is 11.9. The first-order valence-corrected chi connectivity index (χ1v) is 7.86. The van der Waals surface area contributed by atoms with Gasteiger partial charge in [0.05, 0.1) is 24.2 Å². The number of aliphatic hydroxyl groups excluding tert-OH is 1. The summed E-state index contributed by atoms with van der Waals surface area (Å²) in [6, 6.07) is -1.17. The molecule has 9 heteroatoms. The van der Waals surface area contributed by atoms with Crippen LogP contribution in [0.4, 0.5) is 0 Å². The van der Waals surface area contributed by atoms with Gasteiger partial charge in [-0.3, -0.25) is 28.9 Å². The molecule has 120 valence electrons. The van der Waals surface area contributed by atoms with Crippen molar-refractivity contribution in [3.63, 3.8) is 0 Å². The molecular formula is C14H12N2O6S. The van der Waals surface area contributed by atoms with Crippen LogP contribution in [0.25, 0.3) is 0 Å². The number of thiophene rings is 1. The second-order valence-electron chi connectivity index (χ2n) is 5.17. The molecule has 0 radical (unpaired) electrons. The molecule has 2 aliphatic rings. The molecule has 1 N–H and O–H groups in total. The number of likely N-dealkylation sites (tertiary alicyclic amines) is 1. The summed E-state index contributed by atoms with van der Waals surface area (Å²) < 4.78 is 0. The molecule has 8 nitrogen and oxygen atoms in total. The number of imide groups is 4. The van der Waals surface area contributed by atoms with E-state index in [-0.39, 0.29) is 30.4 Å². The van der Waals surface area contributed by atoms with Crippen molar-refractivity contribution in [3.8, 4) is 0 Å². The van der Waals surface area contributed by atoms with Gasteiger partial charge in [0.15, 0.2) is 0 Å². The van der Waals surface area contributed by atoms with Crippen LogP contribution >= 0.6 is 11.3 Å². The molecule has 3 heterocycles. The van der Waals surface area contributed by atoms with Crippen molar-refractivity contribution in [2.45, 2.75) is 25.3 Å². The third-order valence-corrected chi connectivity index (χ3v) is 4.58. The number of hydrogen-bond donors (Lipinski definition) is 1. The lowest BCUT2D eigenvalue weighted by molar-refractivity contribution is -0.159. The molecule has 1 aromatic rings. The monoisotopic (exact) mass is 336 g/mol.